The van der Waals surface area contributed by atoms with Crippen LogP contribution in [-0.2, 0) is 22.3 Å². The first-order chi connectivity index (χ1) is 8.98. The molecular weight excluding hydrogens is 280 g/mol. The summed E-state index contributed by atoms with van der Waals surface area (Å²) in [6.07, 6.45) is 0. The number of nitrogen functional groups attached to an aromatic ring is 1. The van der Waals surface area contributed by atoms with E-state index < -0.39 is 10.0 Å². The van der Waals surface area contributed by atoms with Crippen molar-refractivity contribution in [1.82, 2.24) is 4.72 Å². The average molecular weight is 296 g/mol. The van der Waals surface area contributed by atoms with E-state index in [9.17, 15) is 8.42 Å². The van der Waals surface area contributed by atoms with Gasteiger partial charge in [0, 0.05) is 12.2 Å². The lowest BCUT2D eigenvalue weighted by molar-refractivity contribution is 0.580. The number of rotatable bonds is 5. The summed E-state index contributed by atoms with van der Waals surface area (Å²) in [7, 11) is -3.38. The fourth-order valence-corrected chi connectivity index (χ4v) is 3.68. The van der Waals surface area contributed by atoms with Gasteiger partial charge in [-0.1, -0.05) is 18.2 Å². The molecule has 0 saturated heterocycles. The molecule has 4 nitrogen and oxygen atoms in total. The van der Waals surface area contributed by atoms with Gasteiger partial charge in [-0.3, -0.25) is 0 Å². The van der Waals surface area contributed by atoms with Crippen LogP contribution in [0.4, 0.5) is 5.69 Å². The summed E-state index contributed by atoms with van der Waals surface area (Å²) in [6.45, 7) is 2.29. The highest BCUT2D eigenvalue weighted by Gasteiger charge is 2.13. The Kier molecular flexibility index (Phi) is 4.24. The molecule has 1 aromatic carbocycles. The second kappa shape index (κ2) is 5.73. The molecule has 0 atom stereocenters. The first-order valence-corrected chi connectivity index (χ1v) is 8.40. The second-order valence-electron chi connectivity index (χ2n) is 4.36. The third-order valence-corrected chi connectivity index (χ3v) is 5.03. The molecule has 2 aromatic rings. The highest BCUT2D eigenvalue weighted by Crippen LogP contribution is 2.16. The van der Waals surface area contributed by atoms with Crippen LogP contribution < -0.4 is 10.5 Å². The maximum Gasteiger partial charge on any atom is 0.216 e. The number of benzene rings is 1. The van der Waals surface area contributed by atoms with Crippen molar-refractivity contribution in [3.8, 4) is 0 Å². The van der Waals surface area contributed by atoms with Crippen LogP contribution in [0.25, 0.3) is 0 Å². The normalized spacial score (nSPS) is 11.6. The molecule has 0 spiro atoms. The fourth-order valence-electron chi connectivity index (χ4n) is 1.68. The molecule has 0 saturated carbocycles. The van der Waals surface area contributed by atoms with E-state index >= 15 is 0 Å². The van der Waals surface area contributed by atoms with Gasteiger partial charge < -0.3 is 5.73 Å². The standard InChI is InChI=1S/C13H16N2O2S2/c1-10-7-18-8-12(10)6-15-19(16,17)9-11-4-2-3-5-13(11)14/h2-5,7-8,15H,6,9,14H2,1H3. The molecule has 1 heterocycles. The molecule has 19 heavy (non-hydrogen) atoms. The van der Waals surface area contributed by atoms with E-state index in [1.807, 2.05) is 17.7 Å². The number of sulfonamides is 1. The van der Waals surface area contributed by atoms with Crippen LogP contribution in [0.1, 0.15) is 16.7 Å². The molecule has 0 fully saturated rings. The Balaban J connectivity index is 2.04. The van der Waals surface area contributed by atoms with E-state index in [-0.39, 0.29) is 5.75 Å². The van der Waals surface area contributed by atoms with Crippen LogP contribution in [0.2, 0.25) is 0 Å². The minimum absolute atomic E-state index is 0.0944. The third-order valence-electron chi connectivity index (χ3n) is 2.84. The molecule has 3 N–H and O–H groups in total. The number of hydrogen-bond donors (Lipinski definition) is 2. The number of hydrogen-bond acceptors (Lipinski definition) is 4. The van der Waals surface area contributed by atoms with Gasteiger partial charge in [-0.15, -0.1) is 0 Å². The Morgan fingerprint density at radius 3 is 2.58 bits per heavy atom. The van der Waals surface area contributed by atoms with Crippen molar-refractivity contribution < 1.29 is 8.42 Å². The lowest BCUT2D eigenvalue weighted by Gasteiger charge is -2.08. The third kappa shape index (κ3) is 3.79. The van der Waals surface area contributed by atoms with Gasteiger partial charge in [0.15, 0.2) is 0 Å². The highest BCUT2D eigenvalue weighted by atomic mass is 32.2. The Hall–Kier alpha value is -1.37. The Morgan fingerprint density at radius 2 is 1.95 bits per heavy atom. The molecule has 0 radical (unpaired) electrons. The number of nitrogens with one attached hydrogen (secondary N) is 1. The monoisotopic (exact) mass is 296 g/mol. The van der Waals surface area contributed by atoms with Crippen molar-refractivity contribution in [3.05, 3.63) is 51.7 Å². The van der Waals surface area contributed by atoms with Crippen LogP contribution in [0, 0.1) is 6.92 Å². The van der Waals surface area contributed by atoms with Crippen molar-refractivity contribution in [2.24, 2.45) is 0 Å². The van der Waals surface area contributed by atoms with Gasteiger partial charge >= 0.3 is 0 Å². The molecule has 0 bridgehead atoms. The molecular formula is C13H16N2O2S2. The molecule has 1 aromatic heterocycles. The molecule has 6 heteroatoms. The Labute approximate surface area is 117 Å². The summed E-state index contributed by atoms with van der Waals surface area (Å²) < 4.78 is 26.6. The summed E-state index contributed by atoms with van der Waals surface area (Å²) in [5.41, 5.74) is 8.99. The average Bonchev–Trinajstić information content (AvgIpc) is 2.75. The van der Waals surface area contributed by atoms with Crippen LogP contribution >= 0.6 is 11.3 Å². The largest absolute Gasteiger partial charge is 0.398 e. The van der Waals surface area contributed by atoms with Crippen molar-refractivity contribution in [1.29, 1.82) is 0 Å². The first kappa shape index (κ1) is 14.0. The Bertz CT molecular complexity index is 663. The number of anilines is 1. The van der Waals surface area contributed by atoms with Crippen LogP contribution in [0.5, 0.6) is 0 Å². The van der Waals surface area contributed by atoms with E-state index in [1.54, 1.807) is 35.6 Å². The van der Waals surface area contributed by atoms with Gasteiger partial charge in [0.1, 0.15) is 0 Å². The van der Waals surface area contributed by atoms with Gasteiger partial charge in [-0.05, 0) is 40.4 Å². The lowest BCUT2D eigenvalue weighted by atomic mass is 10.2. The predicted molar refractivity (Wildman–Crippen MR) is 79.4 cm³/mol. The zero-order valence-electron chi connectivity index (χ0n) is 10.6. The summed E-state index contributed by atoms with van der Waals surface area (Å²) >= 11 is 1.57. The first-order valence-electron chi connectivity index (χ1n) is 5.80. The van der Waals surface area contributed by atoms with E-state index in [4.69, 9.17) is 5.73 Å². The number of aryl methyl sites for hydroxylation is 1. The minimum Gasteiger partial charge on any atom is -0.398 e. The summed E-state index contributed by atoms with van der Waals surface area (Å²) in [4.78, 5) is 0. The molecule has 2 rings (SSSR count). The van der Waals surface area contributed by atoms with Crippen molar-refractivity contribution >= 4 is 27.0 Å². The highest BCUT2D eigenvalue weighted by molar-refractivity contribution is 7.88. The number of para-hydroxylation sites is 1. The van der Waals surface area contributed by atoms with Gasteiger partial charge in [0.2, 0.25) is 10.0 Å². The summed E-state index contributed by atoms with van der Waals surface area (Å²) in [5.74, 6) is -0.0944. The van der Waals surface area contributed by atoms with Crippen molar-refractivity contribution in [2.75, 3.05) is 5.73 Å². The quantitative estimate of drug-likeness (QED) is 0.831. The topological polar surface area (TPSA) is 72.2 Å². The zero-order chi connectivity index (χ0) is 13.9. The number of nitrogens with two attached hydrogens (primary N) is 1. The zero-order valence-corrected chi connectivity index (χ0v) is 12.2. The SMILES string of the molecule is Cc1cscc1CNS(=O)(=O)Cc1ccccc1N. The van der Waals surface area contributed by atoms with Crippen LogP contribution in [-0.4, -0.2) is 8.42 Å². The predicted octanol–water partition coefficient (Wildman–Crippen LogP) is 2.26. The van der Waals surface area contributed by atoms with E-state index in [0.717, 1.165) is 11.1 Å². The summed E-state index contributed by atoms with van der Waals surface area (Å²) in [6, 6.07) is 7.00. The van der Waals surface area contributed by atoms with Crippen LogP contribution in [0.15, 0.2) is 35.0 Å². The van der Waals surface area contributed by atoms with E-state index in [0.29, 0.717) is 17.8 Å². The minimum atomic E-state index is -3.38. The maximum atomic E-state index is 12.0. The van der Waals surface area contributed by atoms with Gasteiger partial charge in [0.05, 0.1) is 5.75 Å². The molecule has 0 aliphatic carbocycles. The van der Waals surface area contributed by atoms with Gasteiger partial charge in [0.25, 0.3) is 0 Å². The van der Waals surface area contributed by atoms with Gasteiger partial charge in [-0.2, -0.15) is 11.3 Å². The molecule has 102 valence electrons. The van der Waals surface area contributed by atoms with Gasteiger partial charge in [-0.25, -0.2) is 13.1 Å². The van der Waals surface area contributed by atoms with Crippen molar-refractivity contribution in [2.45, 2.75) is 19.2 Å². The lowest BCUT2D eigenvalue weighted by Crippen LogP contribution is -2.25. The smallest absolute Gasteiger partial charge is 0.216 e. The van der Waals surface area contributed by atoms with Crippen LogP contribution in [0.3, 0.4) is 0 Å². The second-order valence-corrected chi connectivity index (χ2v) is 6.91. The molecule has 0 aliphatic heterocycles. The Morgan fingerprint density at radius 1 is 1.21 bits per heavy atom. The summed E-state index contributed by atoms with van der Waals surface area (Å²) in [5, 5.41) is 3.95. The number of thiophene rings is 1. The molecule has 0 unspecified atom stereocenters. The molecule has 0 amide bonds. The fraction of sp³-hybridized carbons (Fsp3) is 0.231. The van der Waals surface area contributed by atoms with E-state index in [1.165, 1.54) is 0 Å². The molecule has 0 aliphatic rings. The van der Waals surface area contributed by atoms with E-state index in [2.05, 4.69) is 4.72 Å². The van der Waals surface area contributed by atoms with Crippen molar-refractivity contribution in [3.63, 3.8) is 0 Å². The maximum absolute atomic E-state index is 12.0.